The maximum absolute atomic E-state index is 13.5. The lowest BCUT2D eigenvalue weighted by molar-refractivity contribution is -0.143. The standard InChI is InChI=1S/C25H17F7N2O/c26-19-8-10-21(11-9-19)34(12-2-4-16-3-1-5-20(33)13-16)23(35)14-17-6-7-18(24(27,28)29)15-22(17)25(30,31)32/h1,3,5-11,13,15H,12,14,33H2. The van der Waals surface area contributed by atoms with E-state index in [4.69, 9.17) is 5.73 Å². The van der Waals surface area contributed by atoms with Crippen LogP contribution in [0.5, 0.6) is 0 Å². The van der Waals surface area contributed by atoms with Crippen molar-refractivity contribution in [1.82, 2.24) is 0 Å². The van der Waals surface area contributed by atoms with E-state index >= 15 is 0 Å². The smallest absolute Gasteiger partial charge is 0.399 e. The highest BCUT2D eigenvalue weighted by Crippen LogP contribution is 2.37. The van der Waals surface area contributed by atoms with Crippen molar-refractivity contribution in [3.63, 3.8) is 0 Å². The van der Waals surface area contributed by atoms with Crippen LogP contribution in [-0.4, -0.2) is 12.5 Å². The minimum Gasteiger partial charge on any atom is -0.399 e. The highest BCUT2D eigenvalue weighted by Gasteiger charge is 2.38. The molecular formula is C25H17F7N2O. The summed E-state index contributed by atoms with van der Waals surface area (Å²) in [5.74, 6) is 4.02. The van der Waals surface area contributed by atoms with Gasteiger partial charge in [0.05, 0.1) is 24.1 Å². The molecule has 0 aliphatic carbocycles. The van der Waals surface area contributed by atoms with E-state index in [-0.39, 0.29) is 18.3 Å². The van der Waals surface area contributed by atoms with Crippen molar-refractivity contribution in [1.29, 1.82) is 0 Å². The molecule has 0 fully saturated rings. The molecule has 0 spiro atoms. The van der Waals surface area contributed by atoms with Gasteiger partial charge in [-0.2, -0.15) is 26.3 Å². The van der Waals surface area contributed by atoms with Crippen LogP contribution >= 0.6 is 0 Å². The number of nitrogen functional groups attached to an aromatic ring is 1. The fourth-order valence-electron chi connectivity index (χ4n) is 3.21. The molecule has 0 aromatic heterocycles. The Balaban J connectivity index is 1.94. The van der Waals surface area contributed by atoms with Gasteiger partial charge in [0.2, 0.25) is 5.91 Å². The van der Waals surface area contributed by atoms with Crippen LogP contribution in [0.4, 0.5) is 42.1 Å². The van der Waals surface area contributed by atoms with E-state index in [1.54, 1.807) is 24.3 Å². The zero-order valence-electron chi connectivity index (χ0n) is 17.8. The second kappa shape index (κ2) is 10.1. The summed E-state index contributed by atoms with van der Waals surface area (Å²) in [5.41, 5.74) is 3.13. The first-order valence-corrected chi connectivity index (χ1v) is 10.0. The number of benzene rings is 3. The van der Waals surface area contributed by atoms with Gasteiger partial charge in [0.1, 0.15) is 5.82 Å². The van der Waals surface area contributed by atoms with Gasteiger partial charge >= 0.3 is 12.4 Å². The molecule has 2 N–H and O–H groups in total. The van der Waals surface area contributed by atoms with E-state index in [1.807, 2.05) is 0 Å². The van der Waals surface area contributed by atoms with Crippen molar-refractivity contribution in [2.45, 2.75) is 18.8 Å². The van der Waals surface area contributed by atoms with Crippen molar-refractivity contribution < 1.29 is 35.5 Å². The van der Waals surface area contributed by atoms with Crippen molar-refractivity contribution in [3.8, 4) is 11.8 Å². The summed E-state index contributed by atoms with van der Waals surface area (Å²) in [7, 11) is 0. The average molecular weight is 494 g/mol. The van der Waals surface area contributed by atoms with Gasteiger partial charge in [-0.25, -0.2) is 4.39 Å². The lowest BCUT2D eigenvalue weighted by atomic mass is 10.00. The van der Waals surface area contributed by atoms with Crippen molar-refractivity contribution in [2.24, 2.45) is 0 Å². The molecule has 35 heavy (non-hydrogen) atoms. The lowest BCUT2D eigenvalue weighted by Gasteiger charge is -2.22. The fraction of sp³-hybridized carbons (Fsp3) is 0.160. The van der Waals surface area contributed by atoms with Gasteiger partial charge in [-0.05, 0) is 60.2 Å². The Labute approximate surface area is 196 Å². The van der Waals surface area contributed by atoms with Gasteiger partial charge in [0.25, 0.3) is 0 Å². The summed E-state index contributed by atoms with van der Waals surface area (Å²) in [5, 5.41) is 0. The van der Waals surface area contributed by atoms with Crippen molar-refractivity contribution in [2.75, 3.05) is 17.2 Å². The number of hydrogen-bond donors (Lipinski definition) is 1. The van der Waals surface area contributed by atoms with E-state index in [9.17, 15) is 35.5 Å². The van der Waals surface area contributed by atoms with Crippen LogP contribution in [0.15, 0.2) is 66.7 Å². The molecule has 182 valence electrons. The minimum absolute atomic E-state index is 0.0234. The molecule has 0 saturated heterocycles. The van der Waals surface area contributed by atoms with Gasteiger partial charge in [-0.15, -0.1) is 0 Å². The van der Waals surface area contributed by atoms with Crippen LogP contribution in [0.25, 0.3) is 0 Å². The number of nitrogens with two attached hydrogens (primary N) is 1. The summed E-state index contributed by atoms with van der Waals surface area (Å²) in [4.78, 5) is 14.0. The van der Waals surface area contributed by atoms with Crippen LogP contribution in [0.2, 0.25) is 0 Å². The Kier molecular flexibility index (Phi) is 7.39. The number of anilines is 2. The molecule has 3 nitrogen and oxygen atoms in total. The molecule has 0 heterocycles. The van der Waals surface area contributed by atoms with E-state index in [1.165, 1.54) is 12.1 Å². The van der Waals surface area contributed by atoms with Gasteiger partial charge in [0, 0.05) is 16.9 Å². The number of nitrogens with zero attached hydrogens (tertiary/aromatic N) is 1. The predicted molar refractivity (Wildman–Crippen MR) is 117 cm³/mol. The van der Waals surface area contributed by atoms with Crippen LogP contribution in [-0.2, 0) is 23.6 Å². The molecule has 0 saturated carbocycles. The molecule has 3 rings (SSSR count). The number of amides is 1. The van der Waals surface area contributed by atoms with E-state index in [2.05, 4.69) is 11.8 Å². The zero-order valence-corrected chi connectivity index (χ0v) is 17.8. The first kappa shape index (κ1) is 25.6. The molecule has 0 bridgehead atoms. The predicted octanol–water partition coefficient (Wildman–Crippen LogP) is 6.07. The van der Waals surface area contributed by atoms with Gasteiger partial charge in [-0.1, -0.05) is 24.0 Å². The van der Waals surface area contributed by atoms with Gasteiger partial charge in [-0.3, -0.25) is 4.79 Å². The second-order valence-corrected chi connectivity index (χ2v) is 7.43. The Morgan fingerprint density at radius 2 is 1.57 bits per heavy atom. The quantitative estimate of drug-likeness (QED) is 0.272. The van der Waals surface area contributed by atoms with Crippen molar-refractivity contribution >= 4 is 17.3 Å². The molecular weight excluding hydrogens is 477 g/mol. The van der Waals surface area contributed by atoms with Crippen LogP contribution in [0, 0.1) is 17.7 Å². The molecule has 10 heteroatoms. The highest BCUT2D eigenvalue weighted by atomic mass is 19.4. The largest absolute Gasteiger partial charge is 0.416 e. The fourth-order valence-corrected chi connectivity index (χ4v) is 3.21. The summed E-state index contributed by atoms with van der Waals surface area (Å²) in [6.45, 7) is -0.277. The highest BCUT2D eigenvalue weighted by molar-refractivity contribution is 5.95. The average Bonchev–Trinajstić information content (AvgIpc) is 2.76. The molecule has 3 aromatic carbocycles. The van der Waals surface area contributed by atoms with Gasteiger partial charge in [0.15, 0.2) is 0 Å². The Morgan fingerprint density at radius 1 is 0.886 bits per heavy atom. The molecule has 0 unspecified atom stereocenters. The first-order valence-electron chi connectivity index (χ1n) is 10.0. The van der Waals surface area contributed by atoms with E-state index in [0.717, 1.165) is 17.0 Å². The summed E-state index contributed by atoms with van der Waals surface area (Å²) in [6, 6.07) is 12.2. The molecule has 0 aliphatic heterocycles. The van der Waals surface area contributed by atoms with Crippen LogP contribution in [0.3, 0.4) is 0 Å². The Morgan fingerprint density at radius 3 is 2.17 bits per heavy atom. The summed E-state index contributed by atoms with van der Waals surface area (Å²) >= 11 is 0. The molecule has 0 atom stereocenters. The third kappa shape index (κ3) is 6.76. The summed E-state index contributed by atoms with van der Waals surface area (Å²) < 4.78 is 92.7. The maximum Gasteiger partial charge on any atom is 0.416 e. The minimum atomic E-state index is -5.12. The third-order valence-corrected chi connectivity index (χ3v) is 4.88. The third-order valence-electron chi connectivity index (χ3n) is 4.88. The number of rotatable bonds is 4. The monoisotopic (exact) mass is 494 g/mol. The lowest BCUT2D eigenvalue weighted by Crippen LogP contribution is -2.33. The van der Waals surface area contributed by atoms with Crippen molar-refractivity contribution in [3.05, 3.63) is 94.8 Å². The Hall–Kier alpha value is -4.00. The molecule has 0 radical (unpaired) electrons. The van der Waals surface area contributed by atoms with Crippen LogP contribution in [0.1, 0.15) is 22.3 Å². The summed E-state index contributed by atoms with van der Waals surface area (Å²) in [6.07, 6.45) is -11.0. The molecule has 3 aromatic rings. The normalized spacial score (nSPS) is 11.5. The SMILES string of the molecule is Nc1cccc(C#CCN(C(=O)Cc2ccc(C(F)(F)F)cc2C(F)(F)F)c2ccc(F)cc2)c1. The number of alkyl halides is 6. The second-order valence-electron chi connectivity index (χ2n) is 7.43. The Bertz CT molecular complexity index is 1270. The maximum atomic E-state index is 13.5. The molecule has 1 amide bonds. The first-order chi connectivity index (χ1) is 16.3. The van der Waals surface area contributed by atoms with E-state index in [0.29, 0.717) is 23.4 Å². The van der Waals surface area contributed by atoms with E-state index < -0.39 is 47.2 Å². The zero-order chi connectivity index (χ0) is 25.8. The number of halogens is 7. The topological polar surface area (TPSA) is 46.3 Å². The van der Waals surface area contributed by atoms with Crippen LogP contribution < -0.4 is 10.6 Å². The number of hydrogen-bond acceptors (Lipinski definition) is 2. The van der Waals surface area contributed by atoms with Gasteiger partial charge < -0.3 is 10.6 Å². The molecule has 0 aliphatic rings. The number of carbonyl (C=O) groups excluding carboxylic acids is 1. The number of carbonyl (C=O) groups is 1.